The summed E-state index contributed by atoms with van der Waals surface area (Å²) in [5.74, 6) is 1.01. The Labute approximate surface area is 173 Å². The number of ether oxygens (including phenoxy) is 1. The summed E-state index contributed by atoms with van der Waals surface area (Å²) in [6.07, 6.45) is 2.70. The van der Waals surface area contributed by atoms with Gasteiger partial charge in [-0.3, -0.25) is 9.59 Å². The number of hydrogen-bond acceptors (Lipinski definition) is 3. The van der Waals surface area contributed by atoms with E-state index in [9.17, 15) is 9.59 Å². The van der Waals surface area contributed by atoms with E-state index in [0.29, 0.717) is 38.9 Å². The van der Waals surface area contributed by atoms with Crippen LogP contribution in [-0.2, 0) is 21.5 Å². The van der Waals surface area contributed by atoms with Crippen molar-refractivity contribution < 1.29 is 14.3 Å². The first-order valence-corrected chi connectivity index (χ1v) is 10.3. The van der Waals surface area contributed by atoms with Gasteiger partial charge in [0.15, 0.2) is 0 Å². The van der Waals surface area contributed by atoms with E-state index in [2.05, 4.69) is 5.32 Å². The fraction of sp³-hybridized carbons (Fsp3) is 0.417. The van der Waals surface area contributed by atoms with E-state index in [1.165, 1.54) is 0 Å². The van der Waals surface area contributed by atoms with Gasteiger partial charge in [-0.05, 0) is 42.5 Å². The van der Waals surface area contributed by atoms with E-state index < -0.39 is 5.41 Å². The summed E-state index contributed by atoms with van der Waals surface area (Å²) >= 11 is 0. The molecule has 0 unspecified atom stereocenters. The molecule has 5 nitrogen and oxygen atoms in total. The monoisotopic (exact) mass is 394 g/mol. The zero-order chi connectivity index (χ0) is 20.7. The van der Waals surface area contributed by atoms with Gasteiger partial charge >= 0.3 is 0 Å². The molecule has 0 radical (unpaired) electrons. The smallest absolute Gasteiger partial charge is 0.231 e. The van der Waals surface area contributed by atoms with Crippen LogP contribution in [0.4, 0.5) is 0 Å². The van der Waals surface area contributed by atoms with Crippen LogP contribution in [0.5, 0.6) is 5.75 Å². The Morgan fingerprint density at radius 1 is 1.03 bits per heavy atom. The average molecular weight is 395 g/mol. The molecule has 29 heavy (non-hydrogen) atoms. The predicted octanol–water partition coefficient (Wildman–Crippen LogP) is 3.67. The van der Waals surface area contributed by atoms with Crippen LogP contribution in [0.15, 0.2) is 54.6 Å². The molecule has 2 aromatic carbocycles. The number of likely N-dealkylation sites (tertiary alicyclic amines) is 1. The molecule has 2 aromatic rings. The lowest BCUT2D eigenvalue weighted by Crippen LogP contribution is -2.52. The van der Waals surface area contributed by atoms with Gasteiger partial charge in [-0.25, -0.2) is 0 Å². The Morgan fingerprint density at radius 3 is 2.28 bits per heavy atom. The Balaban J connectivity index is 1.74. The molecule has 3 rings (SSSR count). The van der Waals surface area contributed by atoms with Gasteiger partial charge in [-0.1, -0.05) is 49.4 Å². The molecule has 154 valence electrons. The summed E-state index contributed by atoms with van der Waals surface area (Å²) in [4.78, 5) is 27.6. The Kier molecular flexibility index (Phi) is 6.91. The second-order valence-electron chi connectivity index (χ2n) is 7.61. The minimum absolute atomic E-state index is 0.0297. The molecule has 0 spiro atoms. The molecule has 0 aliphatic carbocycles. The van der Waals surface area contributed by atoms with E-state index in [-0.39, 0.29) is 11.8 Å². The van der Waals surface area contributed by atoms with E-state index in [0.717, 1.165) is 23.3 Å². The summed E-state index contributed by atoms with van der Waals surface area (Å²) < 4.78 is 5.19. The third-order valence-corrected chi connectivity index (χ3v) is 5.81. The molecule has 2 amide bonds. The van der Waals surface area contributed by atoms with E-state index in [1.54, 1.807) is 7.11 Å². The molecule has 1 aliphatic heterocycles. The molecule has 1 aliphatic rings. The zero-order valence-corrected chi connectivity index (χ0v) is 17.3. The van der Waals surface area contributed by atoms with Gasteiger partial charge in [0.05, 0.1) is 12.5 Å². The van der Waals surface area contributed by atoms with Gasteiger partial charge in [0, 0.05) is 26.1 Å². The second-order valence-corrected chi connectivity index (χ2v) is 7.61. The standard InChI is InChI=1S/C24H30N2O3/c1-3-7-22(27)26-16-14-24(15-17-26,20-8-5-4-6-9-20)23(28)25-18-19-10-12-21(29-2)13-11-19/h4-6,8-13H,3,7,14-18H2,1-2H3,(H,25,28). The van der Waals surface area contributed by atoms with Crippen molar-refractivity contribution in [2.24, 2.45) is 0 Å². The van der Waals surface area contributed by atoms with Crippen LogP contribution in [0.1, 0.15) is 43.7 Å². The lowest BCUT2D eigenvalue weighted by Gasteiger charge is -2.41. The van der Waals surface area contributed by atoms with Crippen LogP contribution in [0.2, 0.25) is 0 Å². The Hall–Kier alpha value is -2.82. The van der Waals surface area contributed by atoms with Gasteiger partial charge < -0.3 is 15.0 Å². The highest BCUT2D eigenvalue weighted by molar-refractivity contribution is 5.89. The predicted molar refractivity (Wildman–Crippen MR) is 114 cm³/mol. The maximum absolute atomic E-state index is 13.4. The summed E-state index contributed by atoms with van der Waals surface area (Å²) in [7, 11) is 1.64. The van der Waals surface area contributed by atoms with Crippen molar-refractivity contribution in [2.45, 2.75) is 44.6 Å². The van der Waals surface area contributed by atoms with Crippen molar-refractivity contribution in [3.05, 3.63) is 65.7 Å². The van der Waals surface area contributed by atoms with Gasteiger partial charge in [0.25, 0.3) is 0 Å². The summed E-state index contributed by atoms with van der Waals surface area (Å²) in [6.45, 7) is 3.71. The van der Waals surface area contributed by atoms with Crippen molar-refractivity contribution in [3.63, 3.8) is 0 Å². The largest absolute Gasteiger partial charge is 0.497 e. The topological polar surface area (TPSA) is 58.6 Å². The lowest BCUT2D eigenvalue weighted by molar-refractivity contribution is -0.137. The van der Waals surface area contributed by atoms with E-state index >= 15 is 0 Å². The SMILES string of the molecule is CCCC(=O)N1CCC(C(=O)NCc2ccc(OC)cc2)(c2ccccc2)CC1. The third-order valence-electron chi connectivity index (χ3n) is 5.81. The van der Waals surface area contributed by atoms with Gasteiger partial charge in [-0.2, -0.15) is 0 Å². The molecule has 0 aromatic heterocycles. The fourth-order valence-corrected chi connectivity index (χ4v) is 4.01. The molecule has 1 N–H and O–H groups in total. The molecule has 0 saturated carbocycles. The molecule has 1 fully saturated rings. The van der Waals surface area contributed by atoms with Gasteiger partial charge in [-0.15, -0.1) is 0 Å². The van der Waals surface area contributed by atoms with Crippen molar-refractivity contribution in [3.8, 4) is 5.75 Å². The first kappa shape index (κ1) is 20.9. The fourth-order valence-electron chi connectivity index (χ4n) is 4.01. The average Bonchev–Trinajstić information content (AvgIpc) is 2.78. The minimum Gasteiger partial charge on any atom is -0.497 e. The highest BCUT2D eigenvalue weighted by Crippen LogP contribution is 2.36. The summed E-state index contributed by atoms with van der Waals surface area (Å²) in [6, 6.07) is 17.7. The molecular weight excluding hydrogens is 364 g/mol. The van der Waals surface area contributed by atoms with E-state index in [4.69, 9.17) is 4.74 Å². The molecule has 5 heteroatoms. The van der Waals surface area contributed by atoms with Crippen molar-refractivity contribution in [2.75, 3.05) is 20.2 Å². The van der Waals surface area contributed by atoms with Gasteiger partial charge in [0.2, 0.25) is 11.8 Å². The number of carbonyl (C=O) groups is 2. The number of hydrogen-bond donors (Lipinski definition) is 1. The molecule has 1 heterocycles. The van der Waals surface area contributed by atoms with Crippen molar-refractivity contribution >= 4 is 11.8 Å². The van der Waals surface area contributed by atoms with Crippen LogP contribution in [0.25, 0.3) is 0 Å². The third kappa shape index (κ3) is 4.78. The molecular formula is C24H30N2O3. The summed E-state index contributed by atoms with van der Waals surface area (Å²) in [5.41, 5.74) is 1.45. The highest BCUT2D eigenvalue weighted by Gasteiger charge is 2.43. The van der Waals surface area contributed by atoms with Crippen molar-refractivity contribution in [1.29, 1.82) is 0 Å². The first-order valence-electron chi connectivity index (χ1n) is 10.3. The van der Waals surface area contributed by atoms with Gasteiger partial charge in [0.1, 0.15) is 5.75 Å². The number of rotatable bonds is 7. The molecule has 0 bridgehead atoms. The van der Waals surface area contributed by atoms with Crippen LogP contribution >= 0.6 is 0 Å². The van der Waals surface area contributed by atoms with Crippen LogP contribution in [0.3, 0.4) is 0 Å². The number of amides is 2. The van der Waals surface area contributed by atoms with Crippen LogP contribution in [0, 0.1) is 0 Å². The highest BCUT2D eigenvalue weighted by atomic mass is 16.5. The maximum Gasteiger partial charge on any atom is 0.231 e. The minimum atomic E-state index is -0.600. The van der Waals surface area contributed by atoms with Crippen LogP contribution < -0.4 is 10.1 Å². The number of methoxy groups -OCH3 is 1. The molecule has 1 saturated heterocycles. The number of nitrogens with zero attached hydrogens (tertiary/aromatic N) is 1. The number of carbonyl (C=O) groups excluding carboxylic acids is 2. The van der Waals surface area contributed by atoms with Crippen molar-refractivity contribution in [1.82, 2.24) is 10.2 Å². The Morgan fingerprint density at radius 2 is 1.69 bits per heavy atom. The normalized spacial score (nSPS) is 15.6. The molecule has 0 atom stereocenters. The maximum atomic E-state index is 13.4. The quantitative estimate of drug-likeness (QED) is 0.779. The van der Waals surface area contributed by atoms with E-state index in [1.807, 2.05) is 66.4 Å². The first-order chi connectivity index (χ1) is 14.1. The zero-order valence-electron chi connectivity index (χ0n) is 17.3. The lowest BCUT2D eigenvalue weighted by atomic mass is 9.72. The summed E-state index contributed by atoms with van der Waals surface area (Å²) in [5, 5.41) is 3.13. The van der Waals surface area contributed by atoms with Crippen LogP contribution in [-0.4, -0.2) is 36.9 Å². The number of nitrogens with one attached hydrogen (secondary N) is 1. The second kappa shape index (κ2) is 9.59. The Bertz CT molecular complexity index is 810. The number of piperidine rings is 1. The number of benzene rings is 2.